The van der Waals surface area contributed by atoms with E-state index >= 15 is 0 Å². The normalized spacial score (nSPS) is 15.5. The van der Waals surface area contributed by atoms with E-state index < -0.39 is 0 Å². The monoisotopic (exact) mass is 300 g/mol. The first-order valence-corrected chi connectivity index (χ1v) is 8.23. The Morgan fingerprint density at radius 3 is 2.62 bits per heavy atom. The molecule has 1 amide bonds. The van der Waals surface area contributed by atoms with Crippen LogP contribution < -0.4 is 10.6 Å². The van der Waals surface area contributed by atoms with Crippen molar-refractivity contribution in [3.8, 4) is 0 Å². The molecule has 0 aliphatic heterocycles. The quantitative estimate of drug-likeness (QED) is 0.856. The zero-order valence-corrected chi connectivity index (χ0v) is 13.0. The molecule has 2 N–H and O–H groups in total. The summed E-state index contributed by atoms with van der Waals surface area (Å²) in [5.41, 5.74) is 2.17. The molecule has 3 nitrogen and oxygen atoms in total. The van der Waals surface area contributed by atoms with E-state index in [1.807, 2.05) is 23.5 Å². The lowest BCUT2D eigenvalue weighted by molar-refractivity contribution is -0.119. The van der Waals surface area contributed by atoms with Gasteiger partial charge in [0, 0.05) is 17.6 Å². The number of rotatable bonds is 6. The van der Waals surface area contributed by atoms with E-state index in [-0.39, 0.29) is 5.91 Å². The van der Waals surface area contributed by atoms with Crippen molar-refractivity contribution in [2.75, 3.05) is 12.4 Å². The highest BCUT2D eigenvalue weighted by Crippen LogP contribution is 2.44. The molecular weight excluding hydrogens is 280 g/mol. The number of nitrogens with one attached hydrogen (secondary N) is 2. The fourth-order valence-electron chi connectivity index (χ4n) is 2.49. The first-order valence-electron chi connectivity index (χ1n) is 7.35. The molecule has 1 aromatic carbocycles. The van der Waals surface area contributed by atoms with Crippen molar-refractivity contribution in [1.82, 2.24) is 5.32 Å². The van der Waals surface area contributed by atoms with Crippen molar-refractivity contribution >= 4 is 22.9 Å². The second-order valence-corrected chi connectivity index (χ2v) is 6.50. The van der Waals surface area contributed by atoms with E-state index in [2.05, 4.69) is 40.3 Å². The third kappa shape index (κ3) is 3.64. The van der Waals surface area contributed by atoms with Crippen molar-refractivity contribution in [2.24, 2.45) is 5.92 Å². The van der Waals surface area contributed by atoms with Gasteiger partial charge in [0.15, 0.2) is 0 Å². The summed E-state index contributed by atoms with van der Waals surface area (Å²) in [6.45, 7) is 0. The van der Waals surface area contributed by atoms with Gasteiger partial charge < -0.3 is 10.6 Å². The minimum absolute atomic E-state index is 0.0464. The van der Waals surface area contributed by atoms with E-state index in [0.717, 1.165) is 17.2 Å². The van der Waals surface area contributed by atoms with Crippen LogP contribution in [0.15, 0.2) is 41.8 Å². The van der Waals surface area contributed by atoms with Gasteiger partial charge in [-0.05, 0) is 47.9 Å². The Kier molecular flexibility index (Phi) is 4.25. The van der Waals surface area contributed by atoms with Gasteiger partial charge in [-0.1, -0.05) is 18.2 Å². The first kappa shape index (κ1) is 14.1. The lowest BCUT2D eigenvalue weighted by Crippen LogP contribution is -2.19. The van der Waals surface area contributed by atoms with Crippen molar-refractivity contribution < 1.29 is 4.79 Å². The van der Waals surface area contributed by atoms with Crippen LogP contribution in [0.1, 0.15) is 29.3 Å². The lowest BCUT2D eigenvalue weighted by Gasteiger charge is -2.18. The Morgan fingerprint density at radius 2 is 2.05 bits per heavy atom. The number of amides is 1. The highest BCUT2D eigenvalue weighted by atomic mass is 32.1. The molecule has 1 aliphatic carbocycles. The van der Waals surface area contributed by atoms with Crippen LogP contribution in [0.2, 0.25) is 0 Å². The molecule has 1 saturated carbocycles. The van der Waals surface area contributed by atoms with Crippen LogP contribution >= 0.6 is 11.3 Å². The van der Waals surface area contributed by atoms with Gasteiger partial charge in [-0.3, -0.25) is 4.79 Å². The molecule has 2 aromatic rings. The van der Waals surface area contributed by atoms with Gasteiger partial charge in [-0.2, -0.15) is 0 Å². The van der Waals surface area contributed by atoms with Gasteiger partial charge in [-0.15, -0.1) is 11.3 Å². The smallest absolute Gasteiger partial charge is 0.224 e. The molecule has 1 aromatic heterocycles. The van der Waals surface area contributed by atoms with Crippen molar-refractivity contribution in [2.45, 2.75) is 25.3 Å². The maximum atomic E-state index is 11.4. The highest BCUT2D eigenvalue weighted by Gasteiger charge is 2.32. The lowest BCUT2D eigenvalue weighted by atomic mass is 10.1. The molecule has 0 spiro atoms. The Bertz CT molecular complexity index is 588. The predicted molar refractivity (Wildman–Crippen MR) is 87.6 cm³/mol. The maximum Gasteiger partial charge on any atom is 0.224 e. The molecule has 21 heavy (non-hydrogen) atoms. The van der Waals surface area contributed by atoms with Gasteiger partial charge in [-0.25, -0.2) is 0 Å². The fraction of sp³-hybridized carbons (Fsp3) is 0.353. The molecule has 1 atom stereocenters. The fourth-order valence-corrected chi connectivity index (χ4v) is 3.36. The predicted octanol–water partition coefficient (Wildman–Crippen LogP) is 3.60. The summed E-state index contributed by atoms with van der Waals surface area (Å²) in [7, 11) is 1.67. The number of thiophene rings is 1. The molecule has 4 heteroatoms. The van der Waals surface area contributed by atoms with Gasteiger partial charge in [0.2, 0.25) is 5.91 Å². The summed E-state index contributed by atoms with van der Waals surface area (Å²) >= 11 is 1.82. The zero-order valence-electron chi connectivity index (χ0n) is 12.1. The van der Waals surface area contributed by atoms with Crippen LogP contribution in [0.4, 0.5) is 5.69 Å². The molecular formula is C17H20N2OS. The number of hydrogen-bond donors (Lipinski definition) is 2. The largest absolute Gasteiger partial charge is 0.377 e. The SMILES string of the molecule is CNC(=O)Cc1ccc(NC(c2cccs2)C2CC2)cc1. The third-order valence-corrected chi connectivity index (χ3v) is 4.82. The molecule has 1 fully saturated rings. The summed E-state index contributed by atoms with van der Waals surface area (Å²) in [6, 6.07) is 12.9. The van der Waals surface area contributed by atoms with E-state index in [1.54, 1.807) is 7.05 Å². The van der Waals surface area contributed by atoms with Crippen molar-refractivity contribution in [3.05, 3.63) is 52.2 Å². The molecule has 0 radical (unpaired) electrons. The summed E-state index contributed by atoms with van der Waals surface area (Å²) in [5, 5.41) is 8.43. The van der Waals surface area contributed by atoms with Gasteiger partial charge in [0.05, 0.1) is 12.5 Å². The van der Waals surface area contributed by atoms with E-state index in [9.17, 15) is 4.79 Å². The molecule has 110 valence electrons. The summed E-state index contributed by atoms with van der Waals surface area (Å²) in [4.78, 5) is 12.8. The minimum Gasteiger partial charge on any atom is -0.377 e. The van der Waals surface area contributed by atoms with Gasteiger partial charge in [0.1, 0.15) is 0 Å². The average molecular weight is 300 g/mol. The van der Waals surface area contributed by atoms with Crippen LogP contribution in [0, 0.1) is 5.92 Å². The zero-order chi connectivity index (χ0) is 14.7. The van der Waals surface area contributed by atoms with Crippen molar-refractivity contribution in [1.29, 1.82) is 0 Å². The highest BCUT2D eigenvalue weighted by molar-refractivity contribution is 7.10. The summed E-state index contributed by atoms with van der Waals surface area (Å²) < 4.78 is 0. The number of anilines is 1. The summed E-state index contributed by atoms with van der Waals surface area (Å²) in [5.74, 6) is 0.805. The Morgan fingerprint density at radius 1 is 1.29 bits per heavy atom. The molecule has 1 unspecified atom stereocenters. The molecule has 0 bridgehead atoms. The van der Waals surface area contributed by atoms with Gasteiger partial charge >= 0.3 is 0 Å². The standard InChI is InChI=1S/C17H20N2OS/c1-18-16(20)11-12-4-8-14(9-5-12)19-17(13-6-7-13)15-3-2-10-21-15/h2-5,8-10,13,17,19H,6-7,11H2,1H3,(H,18,20). The van der Waals surface area contributed by atoms with E-state index in [4.69, 9.17) is 0 Å². The molecule has 1 heterocycles. The van der Waals surface area contributed by atoms with E-state index in [1.165, 1.54) is 17.7 Å². The topological polar surface area (TPSA) is 41.1 Å². The molecule has 0 saturated heterocycles. The van der Waals surface area contributed by atoms with Crippen LogP contribution in [-0.2, 0) is 11.2 Å². The number of carbonyl (C=O) groups excluding carboxylic acids is 1. The number of likely N-dealkylation sites (N-methyl/N-ethyl adjacent to an activating group) is 1. The summed E-state index contributed by atoms with van der Waals surface area (Å²) in [6.07, 6.45) is 3.06. The van der Waals surface area contributed by atoms with E-state index in [0.29, 0.717) is 12.5 Å². The Hall–Kier alpha value is -1.81. The molecule has 3 rings (SSSR count). The second kappa shape index (κ2) is 6.31. The number of carbonyl (C=O) groups is 1. The van der Waals surface area contributed by atoms with Crippen LogP contribution in [0.25, 0.3) is 0 Å². The Labute approximate surface area is 129 Å². The van der Waals surface area contributed by atoms with Crippen LogP contribution in [-0.4, -0.2) is 13.0 Å². The number of hydrogen-bond acceptors (Lipinski definition) is 3. The second-order valence-electron chi connectivity index (χ2n) is 5.52. The van der Waals surface area contributed by atoms with Crippen LogP contribution in [0.5, 0.6) is 0 Å². The minimum atomic E-state index is 0.0464. The van der Waals surface area contributed by atoms with Crippen molar-refractivity contribution in [3.63, 3.8) is 0 Å². The average Bonchev–Trinajstić information content (AvgIpc) is 3.20. The third-order valence-electron chi connectivity index (χ3n) is 3.86. The van der Waals surface area contributed by atoms with Gasteiger partial charge in [0.25, 0.3) is 0 Å². The Balaban J connectivity index is 1.67. The van der Waals surface area contributed by atoms with Crippen LogP contribution in [0.3, 0.4) is 0 Å². The number of benzene rings is 1. The maximum absolute atomic E-state index is 11.4. The molecule has 1 aliphatic rings. The first-order chi connectivity index (χ1) is 10.3.